The van der Waals surface area contributed by atoms with E-state index in [1.807, 2.05) is 0 Å². The summed E-state index contributed by atoms with van der Waals surface area (Å²) in [4.78, 5) is 22.6. The average molecular weight is 291 g/mol. The number of rotatable bonds is 5. The second-order valence-electron chi connectivity index (χ2n) is 3.77. The number of ether oxygens (including phenoxy) is 3. The first kappa shape index (κ1) is 16.0. The summed E-state index contributed by atoms with van der Waals surface area (Å²) in [6.07, 6.45) is 1.15. The molecule has 0 aliphatic carbocycles. The molecule has 1 rings (SSSR count). The maximum Gasteiger partial charge on any atom is 0.346 e. The number of carbonyl (C=O) groups excluding carboxylic acids is 1. The zero-order valence-electron chi connectivity index (χ0n) is 11.7. The number of nitrogens with zero attached hydrogens (tertiary/aromatic N) is 1. The van der Waals surface area contributed by atoms with Crippen LogP contribution in [0, 0.1) is 11.3 Å². The molecule has 0 aliphatic rings. The first-order valence-corrected chi connectivity index (χ1v) is 5.67. The predicted octanol–water partition coefficient (Wildman–Crippen LogP) is 1.48. The molecule has 0 saturated carbocycles. The van der Waals surface area contributed by atoms with Crippen LogP contribution in [0.4, 0.5) is 0 Å². The number of carboxylic acid groups (broad SMARTS) is 1. The zero-order chi connectivity index (χ0) is 16.0. The van der Waals surface area contributed by atoms with Crippen LogP contribution in [0.25, 0.3) is 6.08 Å². The highest BCUT2D eigenvalue weighted by Gasteiger charge is 2.20. The van der Waals surface area contributed by atoms with Gasteiger partial charge in [0.1, 0.15) is 28.7 Å². The van der Waals surface area contributed by atoms with Crippen molar-refractivity contribution in [3.8, 4) is 17.6 Å². The van der Waals surface area contributed by atoms with Crippen molar-refractivity contribution in [2.75, 3.05) is 21.3 Å². The maximum absolute atomic E-state index is 11.7. The van der Waals surface area contributed by atoms with Gasteiger partial charge in [-0.25, -0.2) is 9.59 Å². The van der Waals surface area contributed by atoms with E-state index in [0.717, 1.165) is 6.08 Å². The van der Waals surface area contributed by atoms with E-state index in [-0.39, 0.29) is 17.1 Å². The van der Waals surface area contributed by atoms with Gasteiger partial charge in [-0.3, -0.25) is 0 Å². The van der Waals surface area contributed by atoms with Crippen LogP contribution in [-0.4, -0.2) is 38.4 Å². The Bertz CT molecular complexity index is 616. The van der Waals surface area contributed by atoms with Crippen LogP contribution in [-0.2, 0) is 9.53 Å². The summed E-state index contributed by atoms with van der Waals surface area (Å²) < 4.78 is 14.8. The Morgan fingerprint density at radius 1 is 1.19 bits per heavy atom. The topological polar surface area (TPSA) is 106 Å². The Kier molecular flexibility index (Phi) is 5.31. The van der Waals surface area contributed by atoms with Gasteiger partial charge < -0.3 is 19.3 Å². The molecule has 7 heteroatoms. The average Bonchev–Trinajstić information content (AvgIpc) is 2.50. The summed E-state index contributed by atoms with van der Waals surface area (Å²) in [5.41, 5.74) is -0.0336. The van der Waals surface area contributed by atoms with Crippen LogP contribution >= 0.6 is 0 Å². The minimum atomic E-state index is -1.35. The van der Waals surface area contributed by atoms with Crippen LogP contribution in [0.1, 0.15) is 15.9 Å². The fourth-order valence-electron chi connectivity index (χ4n) is 1.63. The number of hydrogen-bond donors (Lipinski definition) is 1. The minimum absolute atomic E-state index is 0.0773. The van der Waals surface area contributed by atoms with Crippen molar-refractivity contribution in [3.63, 3.8) is 0 Å². The van der Waals surface area contributed by atoms with Gasteiger partial charge in [0, 0.05) is 0 Å². The molecule has 0 radical (unpaired) electrons. The Hall–Kier alpha value is -3.01. The standard InChI is InChI=1S/C14H13NO6/c1-19-10-5-8(4-9(7-15)13(16)17)6-11(20-2)12(10)14(18)21-3/h4-6H,1-3H3,(H,16,17)/b9-4+. The molecule has 0 bridgehead atoms. The Labute approximate surface area is 121 Å². The molecular formula is C14H13NO6. The summed E-state index contributed by atoms with van der Waals surface area (Å²) in [6, 6.07) is 4.39. The molecule has 0 saturated heterocycles. The largest absolute Gasteiger partial charge is 0.496 e. The number of hydrogen-bond acceptors (Lipinski definition) is 6. The molecular weight excluding hydrogens is 278 g/mol. The first-order valence-electron chi connectivity index (χ1n) is 5.67. The molecule has 0 heterocycles. The second-order valence-corrected chi connectivity index (χ2v) is 3.77. The molecule has 0 atom stereocenters. The lowest BCUT2D eigenvalue weighted by atomic mass is 10.1. The predicted molar refractivity (Wildman–Crippen MR) is 72.1 cm³/mol. The Morgan fingerprint density at radius 3 is 2.05 bits per heavy atom. The third-order valence-corrected chi connectivity index (χ3v) is 2.58. The van der Waals surface area contributed by atoms with E-state index in [1.165, 1.54) is 33.5 Å². The van der Waals surface area contributed by atoms with Crippen molar-refractivity contribution in [2.24, 2.45) is 0 Å². The molecule has 21 heavy (non-hydrogen) atoms. The van der Waals surface area contributed by atoms with E-state index in [0.29, 0.717) is 5.56 Å². The van der Waals surface area contributed by atoms with Crippen LogP contribution in [0.3, 0.4) is 0 Å². The number of methoxy groups -OCH3 is 3. The molecule has 7 nitrogen and oxygen atoms in total. The number of benzene rings is 1. The lowest BCUT2D eigenvalue weighted by Gasteiger charge is -2.12. The van der Waals surface area contributed by atoms with E-state index in [1.54, 1.807) is 6.07 Å². The third kappa shape index (κ3) is 3.51. The Balaban J connectivity index is 3.50. The normalized spacial score (nSPS) is 10.5. The van der Waals surface area contributed by atoms with Gasteiger partial charge in [0.25, 0.3) is 0 Å². The molecule has 1 aromatic rings. The van der Waals surface area contributed by atoms with E-state index >= 15 is 0 Å². The van der Waals surface area contributed by atoms with Crippen molar-refractivity contribution in [1.82, 2.24) is 0 Å². The van der Waals surface area contributed by atoms with Gasteiger partial charge in [0.2, 0.25) is 0 Å². The van der Waals surface area contributed by atoms with Crippen LogP contribution < -0.4 is 9.47 Å². The van der Waals surface area contributed by atoms with Crippen molar-refractivity contribution in [1.29, 1.82) is 5.26 Å². The monoisotopic (exact) mass is 291 g/mol. The fraction of sp³-hybridized carbons (Fsp3) is 0.214. The summed E-state index contributed by atoms with van der Waals surface area (Å²) >= 11 is 0. The molecule has 1 N–H and O–H groups in total. The number of aliphatic carboxylic acids is 1. The van der Waals surface area contributed by atoms with E-state index in [4.69, 9.17) is 19.8 Å². The van der Waals surface area contributed by atoms with Gasteiger partial charge >= 0.3 is 11.9 Å². The van der Waals surface area contributed by atoms with Crippen LogP contribution in [0.2, 0.25) is 0 Å². The van der Waals surface area contributed by atoms with Gasteiger partial charge in [0.15, 0.2) is 0 Å². The SMILES string of the molecule is COC(=O)c1c(OC)cc(/C=C(\C#N)C(=O)O)cc1OC. The highest BCUT2D eigenvalue weighted by molar-refractivity contribution is 5.98. The highest BCUT2D eigenvalue weighted by atomic mass is 16.5. The summed E-state index contributed by atoms with van der Waals surface area (Å²) in [7, 11) is 3.90. The minimum Gasteiger partial charge on any atom is -0.496 e. The molecule has 0 spiro atoms. The quantitative estimate of drug-likeness (QED) is 0.497. The second kappa shape index (κ2) is 6.96. The number of esters is 1. The van der Waals surface area contributed by atoms with Crippen molar-refractivity contribution in [3.05, 3.63) is 28.8 Å². The summed E-state index contributed by atoms with van der Waals surface area (Å²) in [5, 5.41) is 17.6. The fourth-order valence-corrected chi connectivity index (χ4v) is 1.63. The number of carbonyl (C=O) groups is 2. The zero-order valence-corrected chi connectivity index (χ0v) is 11.7. The van der Waals surface area contributed by atoms with Gasteiger partial charge in [-0.15, -0.1) is 0 Å². The number of carboxylic acids is 1. The van der Waals surface area contributed by atoms with Crippen LogP contribution in [0.5, 0.6) is 11.5 Å². The highest BCUT2D eigenvalue weighted by Crippen LogP contribution is 2.32. The van der Waals surface area contributed by atoms with E-state index in [9.17, 15) is 9.59 Å². The molecule has 0 unspecified atom stereocenters. The van der Waals surface area contributed by atoms with Crippen molar-refractivity contribution >= 4 is 18.0 Å². The number of nitriles is 1. The lowest BCUT2D eigenvalue weighted by Crippen LogP contribution is -2.07. The molecule has 0 aromatic heterocycles. The molecule has 1 aromatic carbocycles. The molecule has 0 amide bonds. The summed E-state index contributed by atoms with van der Waals surface area (Å²) in [5.74, 6) is -1.71. The lowest BCUT2D eigenvalue weighted by molar-refractivity contribution is -0.132. The molecule has 0 aliphatic heterocycles. The first-order chi connectivity index (χ1) is 9.98. The van der Waals surface area contributed by atoms with Gasteiger partial charge in [-0.2, -0.15) is 5.26 Å². The molecule has 110 valence electrons. The third-order valence-electron chi connectivity index (χ3n) is 2.58. The van der Waals surface area contributed by atoms with E-state index in [2.05, 4.69) is 4.74 Å². The van der Waals surface area contributed by atoms with Gasteiger partial charge in [-0.1, -0.05) is 0 Å². The summed E-state index contributed by atoms with van der Waals surface area (Å²) in [6.45, 7) is 0. The molecule has 0 fully saturated rings. The van der Waals surface area contributed by atoms with Crippen molar-refractivity contribution in [2.45, 2.75) is 0 Å². The van der Waals surface area contributed by atoms with Crippen LogP contribution in [0.15, 0.2) is 17.7 Å². The maximum atomic E-state index is 11.7. The Morgan fingerprint density at radius 2 is 1.71 bits per heavy atom. The van der Waals surface area contributed by atoms with Crippen molar-refractivity contribution < 1.29 is 28.9 Å². The smallest absolute Gasteiger partial charge is 0.346 e. The van der Waals surface area contributed by atoms with E-state index < -0.39 is 17.5 Å². The van der Waals surface area contributed by atoms with Gasteiger partial charge in [-0.05, 0) is 23.8 Å². The van der Waals surface area contributed by atoms with Gasteiger partial charge in [0.05, 0.1) is 21.3 Å².